The van der Waals surface area contributed by atoms with E-state index in [9.17, 15) is 18.0 Å². The second-order valence-electron chi connectivity index (χ2n) is 5.25. The molecule has 22 heavy (non-hydrogen) atoms. The molecule has 1 fully saturated rings. The minimum atomic E-state index is -3.53. The number of benzene rings is 1. The molecule has 0 radical (unpaired) electrons. The van der Waals surface area contributed by atoms with Gasteiger partial charge in [-0.1, -0.05) is 0 Å². The van der Waals surface area contributed by atoms with Crippen LogP contribution in [0.25, 0.3) is 0 Å². The molecule has 120 valence electrons. The summed E-state index contributed by atoms with van der Waals surface area (Å²) in [6.07, 6.45) is 1.61. The Balaban J connectivity index is 2.01. The zero-order valence-electron chi connectivity index (χ0n) is 12.1. The zero-order valence-corrected chi connectivity index (χ0v) is 12.9. The minimum Gasteiger partial charge on any atom is -0.481 e. The Hall–Kier alpha value is -1.93. The summed E-state index contributed by atoms with van der Waals surface area (Å²) in [6.45, 7) is 0. The van der Waals surface area contributed by atoms with Gasteiger partial charge in [0.2, 0.25) is 10.0 Å². The highest BCUT2D eigenvalue weighted by molar-refractivity contribution is 7.89. The topological polar surface area (TPSA) is 113 Å². The Morgan fingerprint density at radius 3 is 2.32 bits per heavy atom. The summed E-state index contributed by atoms with van der Waals surface area (Å²) in [5, 5.41) is 11.7. The van der Waals surface area contributed by atoms with Gasteiger partial charge in [-0.3, -0.25) is 9.59 Å². The van der Waals surface area contributed by atoms with E-state index in [1.165, 1.54) is 31.3 Å². The van der Waals surface area contributed by atoms with Crippen LogP contribution in [-0.2, 0) is 14.8 Å². The molecule has 0 spiro atoms. The lowest BCUT2D eigenvalue weighted by molar-refractivity contribution is -0.141. The minimum absolute atomic E-state index is 0.0818. The molecule has 8 heteroatoms. The van der Waals surface area contributed by atoms with Gasteiger partial charge in [0.1, 0.15) is 0 Å². The monoisotopic (exact) mass is 326 g/mol. The first-order chi connectivity index (χ1) is 10.3. The third-order valence-corrected chi connectivity index (χ3v) is 5.24. The summed E-state index contributed by atoms with van der Waals surface area (Å²) >= 11 is 0. The molecule has 1 aromatic carbocycles. The maximum Gasteiger partial charge on any atom is 0.306 e. The van der Waals surface area contributed by atoms with Crippen molar-refractivity contribution in [1.82, 2.24) is 10.0 Å². The SMILES string of the molecule is CNS(=O)(=O)c1ccc(C(=O)N[C@H]2CC[C@@H](C(=O)O)C2)cc1. The van der Waals surface area contributed by atoms with Gasteiger partial charge in [0, 0.05) is 11.6 Å². The first-order valence-corrected chi connectivity index (χ1v) is 8.39. The normalized spacial score (nSPS) is 21.5. The molecule has 1 amide bonds. The zero-order chi connectivity index (χ0) is 16.3. The number of amides is 1. The third kappa shape index (κ3) is 3.63. The number of carbonyl (C=O) groups excluding carboxylic acids is 1. The molecule has 1 saturated carbocycles. The molecule has 3 N–H and O–H groups in total. The van der Waals surface area contributed by atoms with Gasteiger partial charge in [-0.05, 0) is 50.6 Å². The van der Waals surface area contributed by atoms with E-state index in [1.807, 2.05) is 0 Å². The molecule has 0 bridgehead atoms. The number of hydrogen-bond donors (Lipinski definition) is 3. The highest BCUT2D eigenvalue weighted by Crippen LogP contribution is 2.25. The summed E-state index contributed by atoms with van der Waals surface area (Å²) < 4.78 is 25.4. The van der Waals surface area contributed by atoms with E-state index in [4.69, 9.17) is 5.11 Å². The van der Waals surface area contributed by atoms with Gasteiger partial charge >= 0.3 is 5.97 Å². The Morgan fingerprint density at radius 1 is 1.18 bits per heavy atom. The number of hydrogen-bond acceptors (Lipinski definition) is 4. The Morgan fingerprint density at radius 2 is 1.82 bits per heavy atom. The van der Waals surface area contributed by atoms with Crippen LogP contribution in [0, 0.1) is 5.92 Å². The standard InChI is InChI=1S/C14H18N2O5S/c1-15-22(20,21)12-6-3-9(4-7-12)13(17)16-11-5-2-10(8-11)14(18)19/h3-4,6-7,10-11,15H,2,5,8H2,1H3,(H,16,17)(H,18,19)/t10-,11+/m1/s1. The van der Waals surface area contributed by atoms with Crippen LogP contribution in [-0.4, -0.2) is 38.5 Å². The van der Waals surface area contributed by atoms with Crippen LogP contribution in [0.5, 0.6) is 0 Å². The van der Waals surface area contributed by atoms with Crippen molar-refractivity contribution in [2.75, 3.05) is 7.05 Å². The van der Waals surface area contributed by atoms with Crippen molar-refractivity contribution in [3.8, 4) is 0 Å². The van der Waals surface area contributed by atoms with E-state index >= 15 is 0 Å². The number of rotatable bonds is 5. The lowest BCUT2D eigenvalue weighted by Crippen LogP contribution is -2.33. The molecule has 1 aliphatic rings. The van der Waals surface area contributed by atoms with E-state index in [2.05, 4.69) is 10.0 Å². The van der Waals surface area contributed by atoms with E-state index in [0.717, 1.165) is 0 Å². The number of carboxylic acid groups (broad SMARTS) is 1. The lowest BCUT2D eigenvalue weighted by Gasteiger charge is -2.12. The molecule has 1 aliphatic carbocycles. The van der Waals surface area contributed by atoms with Crippen LogP contribution in [0.2, 0.25) is 0 Å². The van der Waals surface area contributed by atoms with Gasteiger partial charge in [-0.15, -0.1) is 0 Å². The van der Waals surface area contributed by atoms with E-state index in [0.29, 0.717) is 24.8 Å². The van der Waals surface area contributed by atoms with E-state index < -0.39 is 21.9 Å². The van der Waals surface area contributed by atoms with Crippen molar-refractivity contribution in [3.63, 3.8) is 0 Å². The average molecular weight is 326 g/mol. The van der Waals surface area contributed by atoms with Gasteiger partial charge in [0.15, 0.2) is 0 Å². The van der Waals surface area contributed by atoms with Gasteiger partial charge in [0.05, 0.1) is 10.8 Å². The molecule has 0 aliphatic heterocycles. The molecule has 2 rings (SSSR count). The first-order valence-electron chi connectivity index (χ1n) is 6.91. The number of carboxylic acids is 1. The molecule has 0 aromatic heterocycles. The van der Waals surface area contributed by atoms with Crippen molar-refractivity contribution in [1.29, 1.82) is 0 Å². The van der Waals surface area contributed by atoms with Crippen LogP contribution in [0.1, 0.15) is 29.6 Å². The summed E-state index contributed by atoms with van der Waals surface area (Å²) in [5.74, 6) is -1.57. The second-order valence-corrected chi connectivity index (χ2v) is 7.14. The van der Waals surface area contributed by atoms with Crippen LogP contribution < -0.4 is 10.0 Å². The molecule has 0 saturated heterocycles. The fraction of sp³-hybridized carbons (Fsp3) is 0.429. The lowest BCUT2D eigenvalue weighted by atomic mass is 10.1. The quantitative estimate of drug-likeness (QED) is 0.732. The molecule has 0 unspecified atom stereocenters. The fourth-order valence-corrected chi connectivity index (χ4v) is 3.24. The van der Waals surface area contributed by atoms with Crippen molar-refractivity contribution < 1.29 is 23.1 Å². The van der Waals surface area contributed by atoms with Crippen LogP contribution >= 0.6 is 0 Å². The summed E-state index contributed by atoms with van der Waals surface area (Å²) in [4.78, 5) is 23.1. The van der Waals surface area contributed by atoms with Crippen LogP contribution in [0.15, 0.2) is 29.2 Å². The third-order valence-electron chi connectivity index (χ3n) is 3.81. The summed E-state index contributed by atoms with van der Waals surface area (Å²) in [6, 6.07) is 5.42. The summed E-state index contributed by atoms with van der Waals surface area (Å²) in [5.41, 5.74) is 0.342. The van der Waals surface area contributed by atoms with E-state index in [1.54, 1.807) is 0 Å². The van der Waals surface area contributed by atoms with Crippen molar-refractivity contribution >= 4 is 21.9 Å². The van der Waals surface area contributed by atoms with Crippen molar-refractivity contribution in [3.05, 3.63) is 29.8 Å². The molecule has 7 nitrogen and oxygen atoms in total. The fourth-order valence-electron chi connectivity index (χ4n) is 2.51. The predicted octanol–water partition coefficient (Wildman–Crippen LogP) is 0.578. The Bertz CT molecular complexity index is 669. The van der Waals surface area contributed by atoms with E-state index in [-0.39, 0.29) is 16.8 Å². The predicted molar refractivity (Wildman–Crippen MR) is 78.9 cm³/mol. The number of sulfonamides is 1. The largest absolute Gasteiger partial charge is 0.481 e. The van der Waals surface area contributed by atoms with Gasteiger partial charge in [-0.25, -0.2) is 13.1 Å². The molecular weight excluding hydrogens is 308 g/mol. The van der Waals surface area contributed by atoms with Gasteiger partial charge in [0.25, 0.3) is 5.91 Å². The molecule has 0 heterocycles. The Kier molecular flexibility index (Phi) is 4.82. The smallest absolute Gasteiger partial charge is 0.306 e. The maximum absolute atomic E-state index is 12.1. The summed E-state index contributed by atoms with van der Waals surface area (Å²) in [7, 11) is -2.21. The molecule has 2 atom stereocenters. The van der Waals surface area contributed by atoms with Gasteiger partial charge in [-0.2, -0.15) is 0 Å². The Labute approximate surface area is 128 Å². The van der Waals surface area contributed by atoms with Crippen molar-refractivity contribution in [2.45, 2.75) is 30.2 Å². The first kappa shape index (κ1) is 16.4. The number of carbonyl (C=O) groups is 2. The van der Waals surface area contributed by atoms with Crippen LogP contribution in [0.4, 0.5) is 0 Å². The number of nitrogens with one attached hydrogen (secondary N) is 2. The van der Waals surface area contributed by atoms with Gasteiger partial charge < -0.3 is 10.4 Å². The molecular formula is C14H18N2O5S. The van der Waals surface area contributed by atoms with Crippen LogP contribution in [0.3, 0.4) is 0 Å². The second kappa shape index (κ2) is 6.45. The maximum atomic E-state index is 12.1. The highest BCUT2D eigenvalue weighted by Gasteiger charge is 2.30. The highest BCUT2D eigenvalue weighted by atomic mass is 32.2. The number of aliphatic carboxylic acids is 1. The van der Waals surface area contributed by atoms with Crippen molar-refractivity contribution in [2.24, 2.45) is 5.92 Å². The average Bonchev–Trinajstić information content (AvgIpc) is 2.96. The molecule has 1 aromatic rings.